The van der Waals surface area contributed by atoms with Crippen LogP contribution in [0.2, 0.25) is 5.02 Å². The van der Waals surface area contributed by atoms with Crippen LogP contribution >= 0.6 is 11.6 Å². The predicted molar refractivity (Wildman–Crippen MR) is 118 cm³/mol. The number of carbonyl (C=O) groups is 1. The Morgan fingerprint density at radius 1 is 1.35 bits per heavy atom. The maximum Gasteiger partial charge on any atom is 0.244 e. The van der Waals surface area contributed by atoms with E-state index in [1.54, 1.807) is 36.7 Å². The first-order valence-electron chi connectivity index (χ1n) is 9.72. The van der Waals surface area contributed by atoms with Gasteiger partial charge in [-0.25, -0.2) is 4.39 Å². The van der Waals surface area contributed by atoms with Gasteiger partial charge in [0.1, 0.15) is 23.4 Å². The van der Waals surface area contributed by atoms with Crippen molar-refractivity contribution in [2.75, 3.05) is 13.7 Å². The lowest BCUT2D eigenvalue weighted by molar-refractivity contribution is -0.116. The van der Waals surface area contributed by atoms with E-state index in [2.05, 4.69) is 10.3 Å². The molecule has 0 saturated heterocycles. The average molecular weight is 439 g/mol. The number of benzene rings is 2. The molecule has 158 valence electrons. The third kappa shape index (κ3) is 4.86. The van der Waals surface area contributed by atoms with Crippen LogP contribution in [0.3, 0.4) is 0 Å². The molecule has 4 rings (SSSR count). The molecule has 1 aliphatic rings. The summed E-state index contributed by atoms with van der Waals surface area (Å²) in [6.07, 6.45) is 6.84. The number of halogens is 2. The number of hydrogen-bond acceptors (Lipinski definition) is 4. The van der Waals surface area contributed by atoms with Gasteiger partial charge in [0.2, 0.25) is 5.91 Å². The Hall–Kier alpha value is -3.38. The zero-order chi connectivity index (χ0) is 21.8. The number of carbonyl (C=O) groups excluding carboxylic acids is 1. The Morgan fingerprint density at radius 2 is 2.23 bits per heavy atom. The number of nitrogens with one attached hydrogen (secondary N) is 1. The van der Waals surface area contributed by atoms with Gasteiger partial charge in [-0.1, -0.05) is 17.7 Å². The Labute approximate surface area is 184 Å². The van der Waals surface area contributed by atoms with Gasteiger partial charge in [0.15, 0.2) is 0 Å². The molecule has 31 heavy (non-hydrogen) atoms. The van der Waals surface area contributed by atoms with Gasteiger partial charge < -0.3 is 14.8 Å². The summed E-state index contributed by atoms with van der Waals surface area (Å²) in [5, 5.41) is 3.27. The fourth-order valence-corrected chi connectivity index (χ4v) is 3.77. The zero-order valence-electron chi connectivity index (χ0n) is 16.8. The number of nitrogens with zero attached hydrogens (tertiary/aromatic N) is 1. The molecule has 1 aromatic heterocycles. The fourth-order valence-electron chi connectivity index (χ4n) is 3.48. The van der Waals surface area contributed by atoms with Gasteiger partial charge in [0.05, 0.1) is 18.7 Å². The van der Waals surface area contributed by atoms with Crippen molar-refractivity contribution in [2.45, 2.75) is 12.5 Å². The molecule has 0 bridgehead atoms. The Balaban J connectivity index is 1.43. The summed E-state index contributed by atoms with van der Waals surface area (Å²) in [6.45, 7) is 0.333. The molecule has 0 spiro atoms. The molecule has 2 heterocycles. The minimum Gasteiger partial charge on any atom is -0.496 e. The van der Waals surface area contributed by atoms with Crippen molar-refractivity contribution in [1.82, 2.24) is 10.3 Å². The Kier molecular flexibility index (Phi) is 6.18. The molecule has 5 nitrogen and oxygen atoms in total. The number of ether oxygens (including phenoxy) is 2. The summed E-state index contributed by atoms with van der Waals surface area (Å²) < 4.78 is 25.1. The monoisotopic (exact) mass is 438 g/mol. The molecule has 1 N–H and O–H groups in total. The third-order valence-corrected chi connectivity index (χ3v) is 5.22. The topological polar surface area (TPSA) is 60.5 Å². The SMILES string of the molecule is COc1ccc(F)cc1-c1cc(Cl)c2c(c1)CC(CNC(=O)/C=C/c1cccnc1)O2. The Morgan fingerprint density at radius 3 is 3.00 bits per heavy atom. The molecule has 1 unspecified atom stereocenters. The van der Waals surface area contributed by atoms with E-state index in [4.69, 9.17) is 21.1 Å². The number of methoxy groups -OCH3 is 1. The van der Waals surface area contributed by atoms with Crippen LogP contribution in [0.25, 0.3) is 17.2 Å². The van der Waals surface area contributed by atoms with Crippen molar-refractivity contribution in [3.05, 3.63) is 82.9 Å². The predicted octanol–water partition coefficient (Wildman–Crippen LogP) is 4.68. The van der Waals surface area contributed by atoms with E-state index in [0.717, 1.165) is 16.7 Å². The summed E-state index contributed by atoms with van der Waals surface area (Å²) in [6, 6.07) is 11.7. The second kappa shape index (κ2) is 9.18. The summed E-state index contributed by atoms with van der Waals surface area (Å²) in [7, 11) is 1.54. The van der Waals surface area contributed by atoms with E-state index < -0.39 is 0 Å². The van der Waals surface area contributed by atoms with Gasteiger partial charge in [0.25, 0.3) is 0 Å². The van der Waals surface area contributed by atoms with E-state index in [1.807, 2.05) is 12.1 Å². The van der Waals surface area contributed by atoms with Crippen LogP contribution in [-0.4, -0.2) is 30.6 Å². The molecule has 0 saturated carbocycles. The van der Waals surface area contributed by atoms with Gasteiger partial charge in [-0.2, -0.15) is 0 Å². The highest BCUT2D eigenvalue weighted by molar-refractivity contribution is 6.32. The van der Waals surface area contributed by atoms with E-state index in [1.165, 1.54) is 25.3 Å². The highest BCUT2D eigenvalue weighted by Crippen LogP contribution is 2.41. The van der Waals surface area contributed by atoms with E-state index in [-0.39, 0.29) is 17.8 Å². The third-order valence-electron chi connectivity index (χ3n) is 4.94. The minimum atomic E-state index is -0.358. The second-order valence-electron chi connectivity index (χ2n) is 7.10. The van der Waals surface area contributed by atoms with Crippen molar-refractivity contribution in [1.29, 1.82) is 0 Å². The van der Waals surface area contributed by atoms with Crippen molar-refractivity contribution in [2.24, 2.45) is 0 Å². The molecule has 0 fully saturated rings. The molecular formula is C24H20ClFN2O3. The number of amides is 1. The van der Waals surface area contributed by atoms with Crippen LogP contribution in [0.15, 0.2) is 60.9 Å². The number of aromatic nitrogens is 1. The van der Waals surface area contributed by atoms with Crippen LogP contribution in [0.5, 0.6) is 11.5 Å². The average Bonchev–Trinajstić information content (AvgIpc) is 3.20. The van der Waals surface area contributed by atoms with Crippen LogP contribution in [0.1, 0.15) is 11.1 Å². The van der Waals surface area contributed by atoms with Crippen LogP contribution < -0.4 is 14.8 Å². The van der Waals surface area contributed by atoms with Crippen LogP contribution in [0.4, 0.5) is 4.39 Å². The quantitative estimate of drug-likeness (QED) is 0.567. The summed E-state index contributed by atoms with van der Waals surface area (Å²) in [4.78, 5) is 16.1. The maximum atomic E-state index is 13.8. The molecule has 1 atom stereocenters. The molecule has 0 aliphatic carbocycles. The van der Waals surface area contributed by atoms with E-state index >= 15 is 0 Å². The molecule has 3 aromatic rings. The summed E-state index contributed by atoms with van der Waals surface area (Å²) >= 11 is 6.44. The number of rotatable bonds is 6. The summed E-state index contributed by atoms with van der Waals surface area (Å²) in [5.74, 6) is 0.565. The largest absolute Gasteiger partial charge is 0.496 e. The normalized spacial score (nSPS) is 14.9. The second-order valence-corrected chi connectivity index (χ2v) is 7.51. The number of fused-ring (bicyclic) bond motifs is 1. The van der Waals surface area contributed by atoms with Crippen molar-refractivity contribution < 1.29 is 18.7 Å². The fraction of sp³-hybridized carbons (Fsp3) is 0.167. The standard InChI is InChI=1S/C24H20ClFN2O3/c1-30-22-6-5-18(26)12-20(22)16-9-17-10-19(31-24(17)21(25)11-16)14-28-23(29)7-4-15-3-2-8-27-13-15/h2-9,11-13,19H,10,14H2,1H3,(H,28,29)/b7-4+. The lowest BCUT2D eigenvalue weighted by Crippen LogP contribution is -2.33. The Bertz CT molecular complexity index is 1140. The van der Waals surface area contributed by atoms with Gasteiger partial charge in [-0.3, -0.25) is 9.78 Å². The van der Waals surface area contributed by atoms with E-state index in [9.17, 15) is 9.18 Å². The molecule has 0 radical (unpaired) electrons. The van der Waals surface area contributed by atoms with Crippen molar-refractivity contribution in [3.8, 4) is 22.6 Å². The molecule has 2 aromatic carbocycles. The maximum absolute atomic E-state index is 13.8. The zero-order valence-corrected chi connectivity index (χ0v) is 17.5. The molecule has 7 heteroatoms. The van der Waals surface area contributed by atoms with Gasteiger partial charge in [-0.05, 0) is 53.6 Å². The lowest BCUT2D eigenvalue weighted by Gasteiger charge is -2.12. The molecule has 1 amide bonds. The first-order valence-corrected chi connectivity index (χ1v) is 10.1. The first-order chi connectivity index (χ1) is 15.0. The smallest absolute Gasteiger partial charge is 0.244 e. The first kappa shape index (κ1) is 20.9. The van der Waals surface area contributed by atoms with Gasteiger partial charge >= 0.3 is 0 Å². The number of hydrogen-bond donors (Lipinski definition) is 1. The van der Waals surface area contributed by atoms with Crippen LogP contribution in [-0.2, 0) is 11.2 Å². The van der Waals surface area contributed by atoms with Gasteiger partial charge in [0, 0.05) is 36.0 Å². The van der Waals surface area contributed by atoms with Gasteiger partial charge in [-0.15, -0.1) is 0 Å². The highest BCUT2D eigenvalue weighted by Gasteiger charge is 2.26. The molecule has 1 aliphatic heterocycles. The summed E-state index contributed by atoms with van der Waals surface area (Å²) in [5.41, 5.74) is 3.10. The number of pyridine rings is 1. The van der Waals surface area contributed by atoms with Crippen molar-refractivity contribution in [3.63, 3.8) is 0 Å². The highest BCUT2D eigenvalue weighted by atomic mass is 35.5. The van der Waals surface area contributed by atoms with Crippen molar-refractivity contribution >= 4 is 23.6 Å². The lowest BCUT2D eigenvalue weighted by atomic mass is 10.00. The van der Waals surface area contributed by atoms with Crippen LogP contribution in [0, 0.1) is 5.82 Å². The minimum absolute atomic E-state index is 0.223. The molecular weight excluding hydrogens is 419 g/mol. The van der Waals surface area contributed by atoms with E-state index in [0.29, 0.717) is 35.1 Å².